The van der Waals surface area contributed by atoms with E-state index in [2.05, 4.69) is 5.32 Å². The second-order valence-corrected chi connectivity index (χ2v) is 11.1. The van der Waals surface area contributed by atoms with E-state index in [0.29, 0.717) is 66.5 Å². The summed E-state index contributed by atoms with van der Waals surface area (Å²) >= 11 is 0. The lowest BCUT2D eigenvalue weighted by atomic mass is 10.1. The van der Waals surface area contributed by atoms with Gasteiger partial charge in [0.15, 0.2) is 34.5 Å². The van der Waals surface area contributed by atoms with Gasteiger partial charge in [0, 0.05) is 6.07 Å². The summed E-state index contributed by atoms with van der Waals surface area (Å²) in [6, 6.07) is 24.4. The van der Waals surface area contributed by atoms with Crippen molar-refractivity contribution in [3.63, 3.8) is 0 Å². The molecule has 0 unspecified atom stereocenters. The number of nitrogens with one attached hydrogen (secondary N) is 1. The highest BCUT2D eigenvalue weighted by molar-refractivity contribution is 6.39. The lowest BCUT2D eigenvalue weighted by Gasteiger charge is -2.27. The summed E-state index contributed by atoms with van der Waals surface area (Å²) in [6.45, 7) is 7.64. The Bertz CT molecular complexity index is 1860. The van der Waals surface area contributed by atoms with Crippen molar-refractivity contribution < 1.29 is 42.8 Å². The van der Waals surface area contributed by atoms with Crippen LogP contribution in [0.1, 0.15) is 43.9 Å². The molecule has 260 valence electrons. The third-order valence-corrected chi connectivity index (χ3v) is 7.49. The molecule has 1 aliphatic rings. The predicted molar refractivity (Wildman–Crippen MR) is 188 cm³/mol. The molecule has 0 bridgehead atoms. The first-order valence-electron chi connectivity index (χ1n) is 16.4. The van der Waals surface area contributed by atoms with Crippen LogP contribution in [0.3, 0.4) is 0 Å². The number of barbiturate groups is 1. The van der Waals surface area contributed by atoms with E-state index in [1.165, 1.54) is 19.3 Å². The molecule has 5 rings (SSSR count). The van der Waals surface area contributed by atoms with Crippen LogP contribution in [0.5, 0.6) is 34.5 Å². The van der Waals surface area contributed by atoms with Crippen LogP contribution < -0.4 is 38.6 Å². The zero-order chi connectivity index (χ0) is 35.5. The lowest BCUT2D eigenvalue weighted by Crippen LogP contribution is -2.54. The number of urea groups is 1. The van der Waals surface area contributed by atoms with E-state index in [-0.39, 0.29) is 17.9 Å². The Labute approximate surface area is 291 Å². The number of methoxy groups -OCH3 is 1. The fraction of sp³-hybridized carbons (Fsp3) is 0.256. The molecule has 1 aliphatic heterocycles. The molecule has 1 fully saturated rings. The van der Waals surface area contributed by atoms with Crippen molar-refractivity contribution in [2.45, 2.75) is 40.4 Å². The number of hydrogen-bond donors (Lipinski definition) is 1. The lowest BCUT2D eigenvalue weighted by molar-refractivity contribution is -0.122. The summed E-state index contributed by atoms with van der Waals surface area (Å²) in [5.74, 6) is 1.33. The second kappa shape index (κ2) is 16.9. The molecule has 1 heterocycles. The number of ether oxygens (including phenoxy) is 6. The molecule has 4 aromatic carbocycles. The zero-order valence-corrected chi connectivity index (χ0v) is 28.5. The van der Waals surface area contributed by atoms with Crippen molar-refractivity contribution in [3.8, 4) is 34.5 Å². The first-order valence-corrected chi connectivity index (χ1v) is 16.4. The third-order valence-electron chi connectivity index (χ3n) is 7.49. The first-order chi connectivity index (χ1) is 24.3. The number of anilines is 1. The molecule has 0 aliphatic carbocycles. The number of amides is 4. The summed E-state index contributed by atoms with van der Waals surface area (Å²) in [6.07, 6.45) is 2.20. The quantitative estimate of drug-likeness (QED) is 0.0975. The number of imide groups is 2. The van der Waals surface area contributed by atoms with Gasteiger partial charge in [-0.15, -0.1) is 0 Å². The highest BCUT2D eigenvalue weighted by atomic mass is 16.5. The summed E-state index contributed by atoms with van der Waals surface area (Å²) in [5, 5.41) is 2.25. The third kappa shape index (κ3) is 8.54. The van der Waals surface area contributed by atoms with Gasteiger partial charge in [0.1, 0.15) is 18.8 Å². The van der Waals surface area contributed by atoms with Gasteiger partial charge in [-0.2, -0.15) is 0 Å². The highest BCUT2D eigenvalue weighted by Gasteiger charge is 2.37. The van der Waals surface area contributed by atoms with Gasteiger partial charge in [-0.3, -0.25) is 14.9 Å². The Morgan fingerprint density at radius 1 is 0.640 bits per heavy atom. The largest absolute Gasteiger partial charge is 0.493 e. The minimum Gasteiger partial charge on any atom is -0.493 e. The molecule has 4 aromatic rings. The minimum absolute atomic E-state index is 0.212. The van der Waals surface area contributed by atoms with E-state index < -0.39 is 17.8 Å². The molecule has 0 atom stereocenters. The van der Waals surface area contributed by atoms with E-state index in [0.717, 1.165) is 22.4 Å². The van der Waals surface area contributed by atoms with Crippen LogP contribution in [0, 0.1) is 0 Å². The van der Waals surface area contributed by atoms with Crippen LogP contribution in [-0.2, 0) is 22.8 Å². The summed E-state index contributed by atoms with van der Waals surface area (Å²) < 4.78 is 35.0. The number of benzene rings is 4. The van der Waals surface area contributed by atoms with Gasteiger partial charge in [0.2, 0.25) is 0 Å². The summed E-state index contributed by atoms with van der Waals surface area (Å²) in [7, 11) is 1.46. The van der Waals surface area contributed by atoms with Gasteiger partial charge in [-0.1, -0.05) is 49.4 Å². The smallest absolute Gasteiger partial charge is 0.335 e. The van der Waals surface area contributed by atoms with Crippen molar-refractivity contribution >= 4 is 29.6 Å². The molecule has 0 saturated carbocycles. The van der Waals surface area contributed by atoms with Crippen molar-refractivity contribution in [1.82, 2.24) is 5.32 Å². The van der Waals surface area contributed by atoms with Crippen LogP contribution in [0.15, 0.2) is 90.5 Å². The fourth-order valence-corrected chi connectivity index (χ4v) is 5.11. The molecule has 0 radical (unpaired) electrons. The standard InChI is InChI=1S/C39H40N2O9/c1-5-19-48-31-18-15-29(23-34(31)45-4)41-38(43)30(37(42)40-39(41)44)20-27-13-16-32(35(21-27)46-6-2)50-25-28-14-17-33(36(22-28)47-7-3)49-24-26-11-9-8-10-12-26/h8-18,20-23H,5-7,19,24-25H2,1-4H3,(H,40,42,44)/b30-20-. The van der Waals surface area contributed by atoms with Gasteiger partial charge in [-0.05, 0) is 79.4 Å². The minimum atomic E-state index is -0.872. The van der Waals surface area contributed by atoms with Gasteiger partial charge >= 0.3 is 6.03 Å². The van der Waals surface area contributed by atoms with E-state index >= 15 is 0 Å². The average Bonchev–Trinajstić information content (AvgIpc) is 3.12. The Morgan fingerprint density at radius 3 is 1.96 bits per heavy atom. The van der Waals surface area contributed by atoms with Crippen LogP contribution in [0.2, 0.25) is 0 Å². The van der Waals surface area contributed by atoms with Crippen molar-refractivity contribution in [2.24, 2.45) is 0 Å². The summed E-state index contributed by atoms with van der Waals surface area (Å²) in [5.41, 5.74) is 2.38. The molecule has 0 spiro atoms. The van der Waals surface area contributed by atoms with Gasteiger partial charge in [-0.25, -0.2) is 9.69 Å². The molecule has 11 nitrogen and oxygen atoms in total. The molecular formula is C39H40N2O9. The van der Waals surface area contributed by atoms with Crippen molar-refractivity contribution in [1.29, 1.82) is 0 Å². The maximum atomic E-state index is 13.6. The van der Waals surface area contributed by atoms with Crippen LogP contribution >= 0.6 is 0 Å². The Hall–Kier alpha value is -5.97. The van der Waals surface area contributed by atoms with Gasteiger partial charge in [0.05, 0.1) is 32.6 Å². The fourth-order valence-electron chi connectivity index (χ4n) is 5.11. The maximum absolute atomic E-state index is 13.6. The molecule has 1 N–H and O–H groups in total. The van der Waals surface area contributed by atoms with Crippen molar-refractivity contribution in [3.05, 3.63) is 107 Å². The Balaban J connectivity index is 1.33. The number of nitrogens with zero attached hydrogens (tertiary/aromatic N) is 1. The number of carbonyl (C=O) groups excluding carboxylic acids is 3. The average molecular weight is 681 g/mol. The molecular weight excluding hydrogens is 640 g/mol. The van der Waals surface area contributed by atoms with E-state index in [4.69, 9.17) is 28.4 Å². The topological polar surface area (TPSA) is 122 Å². The van der Waals surface area contributed by atoms with Gasteiger partial charge < -0.3 is 28.4 Å². The monoisotopic (exact) mass is 680 g/mol. The molecule has 50 heavy (non-hydrogen) atoms. The number of carbonyl (C=O) groups is 3. The first kappa shape index (κ1) is 35.3. The van der Waals surface area contributed by atoms with Crippen molar-refractivity contribution in [2.75, 3.05) is 31.8 Å². The maximum Gasteiger partial charge on any atom is 0.335 e. The van der Waals surface area contributed by atoms with Gasteiger partial charge in [0.25, 0.3) is 11.8 Å². The SMILES string of the molecule is CCCOc1ccc(N2C(=O)NC(=O)/C(=C/c3ccc(OCc4ccc(OCc5ccccc5)c(OCC)c4)c(OCC)c3)C2=O)cc1OC. The van der Waals surface area contributed by atoms with E-state index in [9.17, 15) is 14.4 Å². The normalized spacial score (nSPS) is 13.6. The Kier molecular flexibility index (Phi) is 12.0. The van der Waals surface area contributed by atoms with Crippen LogP contribution in [-0.4, -0.2) is 44.8 Å². The number of hydrogen-bond acceptors (Lipinski definition) is 9. The zero-order valence-electron chi connectivity index (χ0n) is 28.5. The molecule has 1 saturated heterocycles. The van der Waals surface area contributed by atoms with Crippen LogP contribution in [0.25, 0.3) is 6.08 Å². The summed E-state index contributed by atoms with van der Waals surface area (Å²) in [4.78, 5) is 40.2. The Morgan fingerprint density at radius 2 is 1.28 bits per heavy atom. The molecule has 4 amide bonds. The second-order valence-electron chi connectivity index (χ2n) is 11.1. The molecule has 0 aromatic heterocycles. The van der Waals surface area contributed by atoms with E-state index in [1.54, 1.807) is 30.3 Å². The van der Waals surface area contributed by atoms with Crippen LogP contribution in [0.4, 0.5) is 10.5 Å². The predicted octanol–water partition coefficient (Wildman–Crippen LogP) is 7.11. The highest BCUT2D eigenvalue weighted by Crippen LogP contribution is 2.35. The number of rotatable bonds is 16. The van der Waals surface area contributed by atoms with E-state index in [1.807, 2.05) is 69.3 Å². The molecule has 11 heteroatoms.